The molecule has 2 aliphatic heterocycles. The second-order valence-electron chi connectivity index (χ2n) is 9.96. The fourth-order valence-corrected chi connectivity index (χ4v) is 5.14. The molecule has 0 radical (unpaired) electrons. The Morgan fingerprint density at radius 3 is 2.03 bits per heavy atom. The van der Waals surface area contributed by atoms with Crippen LogP contribution in [0.5, 0.6) is 0 Å². The average Bonchev–Trinajstić information content (AvgIpc) is 3.18. The third-order valence-corrected chi connectivity index (χ3v) is 7.16. The van der Waals surface area contributed by atoms with Crippen LogP contribution < -0.4 is 0 Å². The zero-order valence-corrected chi connectivity index (χ0v) is 21.7. The van der Waals surface area contributed by atoms with Crippen LogP contribution in [0.4, 0.5) is 0 Å². The highest BCUT2D eigenvalue weighted by Gasteiger charge is 2.31. The Bertz CT molecular complexity index is 926. The Kier molecular flexibility index (Phi) is 12.5. The number of aromatic nitrogens is 1. The molecule has 2 atom stereocenters. The van der Waals surface area contributed by atoms with Crippen molar-refractivity contribution >= 4 is 12.9 Å². The van der Waals surface area contributed by atoms with E-state index in [1.807, 2.05) is 12.4 Å². The highest BCUT2D eigenvalue weighted by molar-refractivity contribution is 5.38. The quantitative estimate of drug-likeness (QED) is 0.519. The maximum Gasteiger partial charge on any atom is 0.290 e. The van der Waals surface area contributed by atoms with Gasteiger partial charge in [-0.1, -0.05) is 24.6 Å². The summed E-state index contributed by atoms with van der Waals surface area (Å²) < 4.78 is 0. The first kappa shape index (κ1) is 29.4. The molecule has 36 heavy (non-hydrogen) atoms. The van der Waals surface area contributed by atoms with Crippen LogP contribution in [0.1, 0.15) is 47.6 Å². The summed E-state index contributed by atoms with van der Waals surface area (Å²) in [6, 6.07) is 8.85. The zero-order chi connectivity index (χ0) is 26.5. The van der Waals surface area contributed by atoms with E-state index in [0.29, 0.717) is 5.92 Å². The average molecular weight is 500 g/mol. The fraction of sp³-hybridized carbons (Fsp3) is 0.536. The van der Waals surface area contributed by atoms with Gasteiger partial charge in [-0.05, 0) is 86.5 Å². The van der Waals surface area contributed by atoms with E-state index in [2.05, 4.69) is 59.8 Å². The Morgan fingerprint density at radius 2 is 1.47 bits per heavy atom. The summed E-state index contributed by atoms with van der Waals surface area (Å²) in [5.74, 6) is 1.17. The summed E-state index contributed by atoms with van der Waals surface area (Å²) in [6.07, 6.45) is 7.00. The number of nitrogens with zero attached hydrogens (tertiary/aromatic N) is 3. The summed E-state index contributed by atoms with van der Waals surface area (Å²) in [5, 5.41) is 24.4. The lowest BCUT2D eigenvalue weighted by atomic mass is 9.95. The number of carbonyl (C=O) groups is 2. The molecule has 4 rings (SSSR count). The maximum atomic E-state index is 10.7. The largest absolute Gasteiger partial charge is 0.483 e. The number of piperidine rings is 1. The van der Waals surface area contributed by atoms with Gasteiger partial charge >= 0.3 is 0 Å². The number of hydrogen-bond donors (Lipinski definition) is 3. The topological polar surface area (TPSA) is 114 Å². The van der Waals surface area contributed by atoms with Crippen LogP contribution in [0.15, 0.2) is 36.7 Å². The van der Waals surface area contributed by atoms with Crippen molar-refractivity contribution < 1.29 is 24.9 Å². The molecular weight excluding hydrogens is 458 g/mol. The molecule has 3 N–H and O–H groups in total. The van der Waals surface area contributed by atoms with E-state index < -0.39 is 0 Å². The molecule has 0 spiro atoms. The number of aryl methyl sites for hydroxylation is 1. The third-order valence-electron chi connectivity index (χ3n) is 7.16. The van der Waals surface area contributed by atoms with Gasteiger partial charge in [-0.2, -0.15) is 0 Å². The molecule has 2 aliphatic rings. The number of aliphatic hydroxyl groups excluding tert-OH is 1. The second-order valence-corrected chi connectivity index (χ2v) is 9.96. The normalized spacial score (nSPS) is 20.6. The van der Waals surface area contributed by atoms with Crippen molar-refractivity contribution in [3.8, 4) is 0 Å². The van der Waals surface area contributed by atoms with E-state index in [1.54, 1.807) is 0 Å². The fourth-order valence-electron chi connectivity index (χ4n) is 5.14. The van der Waals surface area contributed by atoms with Crippen LogP contribution in [0.3, 0.4) is 0 Å². The van der Waals surface area contributed by atoms with Crippen molar-refractivity contribution in [1.29, 1.82) is 0 Å². The summed E-state index contributed by atoms with van der Waals surface area (Å²) in [5.41, 5.74) is 6.95. The van der Waals surface area contributed by atoms with Gasteiger partial charge in [0, 0.05) is 44.5 Å². The Hall–Kier alpha value is -2.81. The van der Waals surface area contributed by atoms with Crippen molar-refractivity contribution in [2.24, 2.45) is 11.8 Å². The number of benzene rings is 1. The maximum absolute atomic E-state index is 10.7. The van der Waals surface area contributed by atoms with E-state index in [4.69, 9.17) is 19.8 Å². The molecule has 1 aromatic carbocycles. The number of likely N-dealkylation sites (tertiary alicyclic amines) is 2. The van der Waals surface area contributed by atoms with E-state index >= 15 is 0 Å². The zero-order valence-electron chi connectivity index (χ0n) is 21.7. The Balaban J connectivity index is 0.000000693. The van der Waals surface area contributed by atoms with Gasteiger partial charge in [0.05, 0.1) is 6.10 Å². The lowest BCUT2D eigenvalue weighted by Gasteiger charge is -2.31. The van der Waals surface area contributed by atoms with Gasteiger partial charge in [-0.15, -0.1) is 0 Å². The molecule has 198 valence electrons. The molecule has 0 bridgehead atoms. The highest BCUT2D eigenvalue weighted by atomic mass is 16.3. The van der Waals surface area contributed by atoms with Gasteiger partial charge in [0.25, 0.3) is 12.9 Å². The molecule has 1 aromatic heterocycles. The number of rotatable bonds is 6. The van der Waals surface area contributed by atoms with Crippen LogP contribution in [-0.4, -0.2) is 75.3 Å². The molecule has 8 nitrogen and oxygen atoms in total. The SMILES string of the molecule is Cc1cc(CN2CCC(C)CC2)c(C)c(CN2C[C@@H](Cc3ccncc3)[C@@H](O)C2)c1.O=CO.O=CO. The smallest absolute Gasteiger partial charge is 0.290 e. The van der Waals surface area contributed by atoms with E-state index in [1.165, 1.54) is 53.7 Å². The first-order chi connectivity index (χ1) is 17.3. The van der Waals surface area contributed by atoms with Crippen LogP contribution in [0.25, 0.3) is 0 Å². The van der Waals surface area contributed by atoms with Gasteiger partial charge in [0.15, 0.2) is 0 Å². The second kappa shape index (κ2) is 15.3. The van der Waals surface area contributed by atoms with Crippen molar-refractivity contribution in [2.45, 2.75) is 59.2 Å². The standard InChI is InChI=1S/C26H37N3O.2CH2O2/c1-19-6-10-28(11-7-19)15-23-12-20(2)13-24(21(23)3)16-29-17-25(26(30)18-29)14-22-4-8-27-9-5-22;2*2-1-3/h4-5,8-9,12-13,19,25-26,30H,6-7,10-11,14-18H2,1-3H3;2*1H,(H,2,3)/t25-,26+;;/m1../s1. The van der Waals surface area contributed by atoms with Gasteiger partial charge in [-0.25, -0.2) is 0 Å². The Morgan fingerprint density at radius 1 is 0.944 bits per heavy atom. The molecular formula is C28H41N3O5. The monoisotopic (exact) mass is 499 g/mol. The van der Waals surface area contributed by atoms with Gasteiger partial charge < -0.3 is 15.3 Å². The predicted molar refractivity (Wildman–Crippen MR) is 140 cm³/mol. The number of aliphatic hydroxyl groups is 1. The molecule has 0 saturated carbocycles. The molecule has 3 heterocycles. The lowest BCUT2D eigenvalue weighted by Crippen LogP contribution is -2.32. The summed E-state index contributed by atoms with van der Waals surface area (Å²) in [6.45, 7) is 12.5. The molecule has 0 amide bonds. The number of pyridine rings is 1. The van der Waals surface area contributed by atoms with E-state index in [-0.39, 0.29) is 19.0 Å². The molecule has 2 saturated heterocycles. The number of carboxylic acid groups (broad SMARTS) is 2. The molecule has 2 fully saturated rings. The predicted octanol–water partition coefficient (Wildman–Crippen LogP) is 3.37. The van der Waals surface area contributed by atoms with Crippen LogP contribution in [0.2, 0.25) is 0 Å². The van der Waals surface area contributed by atoms with Crippen molar-refractivity contribution in [2.75, 3.05) is 26.2 Å². The van der Waals surface area contributed by atoms with Crippen LogP contribution in [0, 0.1) is 25.7 Å². The molecule has 8 heteroatoms. The lowest BCUT2D eigenvalue weighted by molar-refractivity contribution is -0.123. The first-order valence-electron chi connectivity index (χ1n) is 12.6. The third kappa shape index (κ3) is 9.33. The number of hydrogen-bond acceptors (Lipinski definition) is 6. The summed E-state index contributed by atoms with van der Waals surface area (Å²) >= 11 is 0. The van der Waals surface area contributed by atoms with Crippen LogP contribution >= 0.6 is 0 Å². The van der Waals surface area contributed by atoms with Crippen LogP contribution in [-0.2, 0) is 29.1 Å². The van der Waals surface area contributed by atoms with Gasteiger partial charge in [0.2, 0.25) is 0 Å². The van der Waals surface area contributed by atoms with Gasteiger partial charge in [-0.3, -0.25) is 24.4 Å². The first-order valence-corrected chi connectivity index (χ1v) is 12.6. The van der Waals surface area contributed by atoms with Crippen molar-refractivity contribution in [1.82, 2.24) is 14.8 Å². The van der Waals surface area contributed by atoms with Crippen molar-refractivity contribution in [3.05, 3.63) is 64.5 Å². The minimum atomic E-state index is -0.252. The summed E-state index contributed by atoms with van der Waals surface area (Å²) in [7, 11) is 0. The highest BCUT2D eigenvalue weighted by Crippen LogP contribution is 2.27. The molecule has 2 aromatic rings. The van der Waals surface area contributed by atoms with Crippen molar-refractivity contribution in [3.63, 3.8) is 0 Å². The van der Waals surface area contributed by atoms with E-state index in [9.17, 15) is 5.11 Å². The van der Waals surface area contributed by atoms with E-state index in [0.717, 1.165) is 38.5 Å². The number of β-amino-alcohol motifs (C(OH)–C–C–N with tert-alkyl or cyclic N) is 1. The van der Waals surface area contributed by atoms with Gasteiger partial charge in [0.1, 0.15) is 0 Å². The minimum Gasteiger partial charge on any atom is -0.483 e. The molecule has 0 aliphatic carbocycles. The summed E-state index contributed by atoms with van der Waals surface area (Å²) in [4.78, 5) is 25.9. The molecule has 0 unspecified atom stereocenters. The minimum absolute atomic E-state index is 0.250. The Labute approximate surface area is 214 Å².